The molecule has 0 saturated heterocycles. The first-order valence-corrected chi connectivity index (χ1v) is 6.21. The molecule has 0 radical (unpaired) electrons. The van der Waals surface area contributed by atoms with Crippen molar-refractivity contribution in [3.63, 3.8) is 0 Å². The van der Waals surface area contributed by atoms with E-state index in [9.17, 15) is 8.78 Å². The van der Waals surface area contributed by atoms with E-state index in [1.54, 1.807) is 25.4 Å². The van der Waals surface area contributed by atoms with E-state index in [-0.39, 0.29) is 11.6 Å². The summed E-state index contributed by atoms with van der Waals surface area (Å²) in [6.45, 7) is 0. The lowest BCUT2D eigenvalue weighted by molar-refractivity contribution is 0.473. The molecule has 0 aliphatic carbocycles. The number of hydrogen-bond donors (Lipinski definition) is 1. The zero-order valence-corrected chi connectivity index (χ0v) is 11.1. The Hall–Kier alpha value is -1.52. The van der Waals surface area contributed by atoms with Gasteiger partial charge in [0.1, 0.15) is 0 Å². The van der Waals surface area contributed by atoms with Gasteiger partial charge in [-0.05, 0) is 31.2 Å². The monoisotopic (exact) mass is 282 g/mol. The van der Waals surface area contributed by atoms with E-state index in [0.717, 1.165) is 11.6 Å². The van der Waals surface area contributed by atoms with Crippen molar-refractivity contribution in [1.29, 1.82) is 0 Å². The molecule has 0 spiro atoms. The number of rotatable bonds is 4. The SMILES string of the molecule is CNC(Cc1ccncc1Cl)c1cccc(F)c1F. The summed E-state index contributed by atoms with van der Waals surface area (Å²) in [4.78, 5) is 3.90. The number of halogens is 3. The Balaban J connectivity index is 2.31. The quantitative estimate of drug-likeness (QED) is 0.928. The molecule has 2 rings (SSSR count). The van der Waals surface area contributed by atoms with Gasteiger partial charge in [0.25, 0.3) is 0 Å². The lowest BCUT2D eigenvalue weighted by Crippen LogP contribution is -2.20. The summed E-state index contributed by atoms with van der Waals surface area (Å²) >= 11 is 6.03. The van der Waals surface area contributed by atoms with Crippen LogP contribution in [0.15, 0.2) is 36.7 Å². The third kappa shape index (κ3) is 3.08. The van der Waals surface area contributed by atoms with Crippen molar-refractivity contribution in [2.24, 2.45) is 0 Å². The van der Waals surface area contributed by atoms with E-state index in [1.807, 2.05) is 0 Å². The minimum atomic E-state index is -0.849. The zero-order chi connectivity index (χ0) is 13.8. The van der Waals surface area contributed by atoms with Crippen LogP contribution in [-0.4, -0.2) is 12.0 Å². The molecular formula is C14H13ClF2N2. The van der Waals surface area contributed by atoms with E-state index >= 15 is 0 Å². The molecule has 0 saturated carbocycles. The summed E-state index contributed by atoms with van der Waals surface area (Å²) in [6, 6.07) is 5.58. The molecule has 0 fully saturated rings. The Bertz CT molecular complexity index is 575. The van der Waals surface area contributed by atoms with Gasteiger partial charge in [-0.3, -0.25) is 4.98 Å². The number of aromatic nitrogens is 1. The highest BCUT2D eigenvalue weighted by Gasteiger charge is 2.18. The van der Waals surface area contributed by atoms with Gasteiger partial charge in [0.05, 0.1) is 5.02 Å². The largest absolute Gasteiger partial charge is 0.313 e. The standard InChI is InChI=1S/C14H13ClF2N2/c1-18-13(7-9-5-6-19-8-11(9)15)10-3-2-4-12(16)14(10)17/h2-6,8,13,18H,7H2,1H3. The molecule has 2 nitrogen and oxygen atoms in total. The fourth-order valence-electron chi connectivity index (χ4n) is 1.95. The smallest absolute Gasteiger partial charge is 0.163 e. The molecule has 0 amide bonds. The number of benzene rings is 1. The van der Waals surface area contributed by atoms with Gasteiger partial charge in [-0.1, -0.05) is 23.7 Å². The average molecular weight is 283 g/mol. The fourth-order valence-corrected chi connectivity index (χ4v) is 2.14. The van der Waals surface area contributed by atoms with Crippen molar-refractivity contribution in [2.45, 2.75) is 12.5 Å². The predicted octanol–water partition coefficient (Wildman–Crippen LogP) is 3.52. The molecule has 0 aliphatic rings. The Morgan fingerprint density at radius 2 is 2.11 bits per heavy atom. The zero-order valence-electron chi connectivity index (χ0n) is 10.3. The van der Waals surface area contributed by atoms with Crippen molar-refractivity contribution >= 4 is 11.6 Å². The minimum absolute atomic E-state index is 0.287. The lowest BCUT2D eigenvalue weighted by atomic mass is 9.99. The van der Waals surface area contributed by atoms with Crippen LogP contribution in [0, 0.1) is 11.6 Å². The van der Waals surface area contributed by atoms with E-state index in [4.69, 9.17) is 11.6 Å². The van der Waals surface area contributed by atoms with Crippen LogP contribution in [0.5, 0.6) is 0 Å². The molecule has 1 aromatic heterocycles. The molecule has 19 heavy (non-hydrogen) atoms. The lowest BCUT2D eigenvalue weighted by Gasteiger charge is -2.18. The van der Waals surface area contributed by atoms with Crippen LogP contribution in [0.3, 0.4) is 0 Å². The molecule has 1 unspecified atom stereocenters. The first-order chi connectivity index (χ1) is 9.13. The van der Waals surface area contributed by atoms with E-state index in [1.165, 1.54) is 12.3 Å². The highest BCUT2D eigenvalue weighted by Crippen LogP contribution is 2.25. The van der Waals surface area contributed by atoms with Crippen LogP contribution < -0.4 is 5.32 Å². The Morgan fingerprint density at radius 1 is 1.32 bits per heavy atom. The highest BCUT2D eigenvalue weighted by atomic mass is 35.5. The second kappa shape index (κ2) is 6.08. The predicted molar refractivity (Wildman–Crippen MR) is 71.1 cm³/mol. The summed E-state index contributed by atoms with van der Waals surface area (Å²) < 4.78 is 27.0. The number of nitrogens with one attached hydrogen (secondary N) is 1. The summed E-state index contributed by atoms with van der Waals surface area (Å²) in [5, 5.41) is 3.49. The maximum atomic E-state index is 13.8. The van der Waals surface area contributed by atoms with E-state index in [0.29, 0.717) is 11.4 Å². The second-order valence-corrected chi connectivity index (χ2v) is 4.56. The van der Waals surface area contributed by atoms with Gasteiger partial charge < -0.3 is 5.32 Å². The Morgan fingerprint density at radius 3 is 2.79 bits per heavy atom. The van der Waals surface area contributed by atoms with Gasteiger partial charge in [-0.25, -0.2) is 8.78 Å². The number of nitrogens with zero attached hydrogens (tertiary/aromatic N) is 1. The van der Waals surface area contributed by atoms with Crippen molar-refractivity contribution in [1.82, 2.24) is 10.3 Å². The highest BCUT2D eigenvalue weighted by molar-refractivity contribution is 6.31. The van der Waals surface area contributed by atoms with Crippen LogP contribution in [0.4, 0.5) is 8.78 Å². The molecule has 0 aliphatic heterocycles. The number of likely N-dealkylation sites (N-methyl/N-ethyl adjacent to an activating group) is 1. The maximum Gasteiger partial charge on any atom is 0.163 e. The topological polar surface area (TPSA) is 24.9 Å². The molecule has 2 aromatic rings. The van der Waals surface area contributed by atoms with E-state index in [2.05, 4.69) is 10.3 Å². The third-order valence-electron chi connectivity index (χ3n) is 2.99. The summed E-state index contributed by atoms with van der Waals surface area (Å²) in [5.41, 5.74) is 1.12. The molecule has 1 N–H and O–H groups in total. The molecule has 1 aromatic carbocycles. The summed E-state index contributed by atoms with van der Waals surface area (Å²) in [6.07, 6.45) is 3.61. The van der Waals surface area contributed by atoms with Crippen LogP contribution >= 0.6 is 11.6 Å². The van der Waals surface area contributed by atoms with Crippen molar-refractivity contribution < 1.29 is 8.78 Å². The van der Waals surface area contributed by atoms with Gasteiger partial charge >= 0.3 is 0 Å². The molecule has 0 bridgehead atoms. The first-order valence-electron chi connectivity index (χ1n) is 5.83. The van der Waals surface area contributed by atoms with Crippen molar-refractivity contribution in [3.8, 4) is 0 Å². The number of hydrogen-bond acceptors (Lipinski definition) is 2. The summed E-state index contributed by atoms with van der Waals surface area (Å²) in [7, 11) is 1.70. The molecule has 5 heteroatoms. The van der Waals surface area contributed by atoms with Crippen LogP contribution in [0.1, 0.15) is 17.2 Å². The number of pyridine rings is 1. The molecular weight excluding hydrogens is 270 g/mol. The van der Waals surface area contributed by atoms with Crippen LogP contribution in [0.2, 0.25) is 5.02 Å². The van der Waals surface area contributed by atoms with Crippen LogP contribution in [-0.2, 0) is 6.42 Å². The molecule has 1 heterocycles. The van der Waals surface area contributed by atoms with Gasteiger partial charge in [-0.2, -0.15) is 0 Å². The van der Waals surface area contributed by atoms with Gasteiger partial charge in [0.2, 0.25) is 0 Å². The molecule has 100 valence electrons. The third-order valence-corrected chi connectivity index (χ3v) is 3.33. The van der Waals surface area contributed by atoms with Crippen LogP contribution in [0.25, 0.3) is 0 Å². The van der Waals surface area contributed by atoms with Crippen molar-refractivity contribution in [3.05, 3.63) is 64.4 Å². The first kappa shape index (κ1) is 13.9. The van der Waals surface area contributed by atoms with Gasteiger partial charge in [0, 0.05) is 24.0 Å². The Labute approximate surface area is 115 Å². The normalized spacial score (nSPS) is 12.4. The van der Waals surface area contributed by atoms with Gasteiger partial charge in [0.15, 0.2) is 11.6 Å². The van der Waals surface area contributed by atoms with E-state index < -0.39 is 11.6 Å². The average Bonchev–Trinajstić information content (AvgIpc) is 2.41. The fraction of sp³-hybridized carbons (Fsp3) is 0.214. The van der Waals surface area contributed by atoms with Crippen molar-refractivity contribution in [2.75, 3.05) is 7.05 Å². The maximum absolute atomic E-state index is 13.8. The minimum Gasteiger partial charge on any atom is -0.313 e. The second-order valence-electron chi connectivity index (χ2n) is 4.16. The summed E-state index contributed by atoms with van der Waals surface area (Å²) in [5.74, 6) is -1.68. The Kier molecular flexibility index (Phi) is 4.45. The van der Waals surface area contributed by atoms with Gasteiger partial charge in [-0.15, -0.1) is 0 Å². The molecule has 1 atom stereocenters.